The largest absolute Gasteiger partial charge is 0.337 e. The molecular formula is C17H32N2O. The summed E-state index contributed by atoms with van der Waals surface area (Å²) in [6.45, 7) is 13.9. The van der Waals surface area contributed by atoms with E-state index in [2.05, 4.69) is 46.4 Å². The predicted octanol–water partition coefficient (Wildman–Crippen LogP) is 3.03. The summed E-state index contributed by atoms with van der Waals surface area (Å²) in [5.41, 5.74) is 6.21. The lowest BCUT2D eigenvalue weighted by Gasteiger charge is -2.41. The van der Waals surface area contributed by atoms with Crippen molar-refractivity contribution in [3.63, 3.8) is 0 Å². The molecule has 3 heteroatoms. The third kappa shape index (κ3) is 2.74. The van der Waals surface area contributed by atoms with Crippen molar-refractivity contribution in [2.75, 3.05) is 6.54 Å². The van der Waals surface area contributed by atoms with E-state index in [4.69, 9.17) is 5.73 Å². The quantitative estimate of drug-likeness (QED) is 0.802. The smallest absolute Gasteiger partial charge is 0.240 e. The molecule has 2 rings (SSSR count). The van der Waals surface area contributed by atoms with Crippen molar-refractivity contribution in [3.8, 4) is 0 Å². The third-order valence-electron chi connectivity index (χ3n) is 5.26. The molecule has 3 nitrogen and oxygen atoms in total. The van der Waals surface area contributed by atoms with E-state index in [9.17, 15) is 4.79 Å². The number of carbonyl (C=O) groups is 1. The number of carbonyl (C=O) groups excluding carboxylic acids is 1. The maximum absolute atomic E-state index is 12.9. The zero-order chi connectivity index (χ0) is 15.3. The van der Waals surface area contributed by atoms with Crippen molar-refractivity contribution in [1.82, 2.24) is 4.90 Å². The van der Waals surface area contributed by atoms with Gasteiger partial charge in [-0.15, -0.1) is 0 Å². The van der Waals surface area contributed by atoms with Gasteiger partial charge in [0.1, 0.15) is 0 Å². The SMILES string of the molecule is CC(C)(C)[C@H](N)C(=O)N1C[C@@H]2CCC[C@@H]2[C@H]1C(C)(C)C. The zero-order valence-corrected chi connectivity index (χ0v) is 14.1. The van der Waals surface area contributed by atoms with Crippen molar-refractivity contribution in [2.24, 2.45) is 28.4 Å². The minimum atomic E-state index is -0.397. The van der Waals surface area contributed by atoms with Gasteiger partial charge in [0.2, 0.25) is 5.91 Å². The fourth-order valence-corrected chi connectivity index (χ4v) is 4.19. The average Bonchev–Trinajstić information content (AvgIpc) is 2.82. The minimum absolute atomic E-state index is 0.136. The fourth-order valence-electron chi connectivity index (χ4n) is 4.19. The summed E-state index contributed by atoms with van der Waals surface area (Å²) in [6.07, 6.45) is 3.89. The molecule has 20 heavy (non-hydrogen) atoms. The highest BCUT2D eigenvalue weighted by Crippen LogP contribution is 2.48. The van der Waals surface area contributed by atoms with Crippen LogP contribution in [0.5, 0.6) is 0 Å². The Bertz CT molecular complexity index is 377. The van der Waals surface area contributed by atoms with Crippen LogP contribution in [-0.4, -0.2) is 29.4 Å². The van der Waals surface area contributed by atoms with E-state index in [-0.39, 0.29) is 16.7 Å². The molecule has 4 atom stereocenters. The highest BCUT2D eigenvalue weighted by Gasteiger charge is 2.51. The monoisotopic (exact) mass is 280 g/mol. The Morgan fingerprint density at radius 3 is 2.25 bits per heavy atom. The molecule has 1 saturated heterocycles. The zero-order valence-electron chi connectivity index (χ0n) is 14.1. The van der Waals surface area contributed by atoms with Crippen molar-refractivity contribution in [3.05, 3.63) is 0 Å². The van der Waals surface area contributed by atoms with E-state index < -0.39 is 6.04 Å². The Morgan fingerprint density at radius 2 is 1.75 bits per heavy atom. The molecule has 2 N–H and O–H groups in total. The lowest BCUT2D eigenvalue weighted by atomic mass is 9.77. The van der Waals surface area contributed by atoms with Crippen LogP contribution in [0.1, 0.15) is 60.8 Å². The van der Waals surface area contributed by atoms with Crippen molar-refractivity contribution >= 4 is 5.91 Å². The summed E-state index contributed by atoms with van der Waals surface area (Å²) in [5, 5.41) is 0. The molecule has 1 aliphatic carbocycles. The second kappa shape index (κ2) is 5.01. The molecule has 1 saturated carbocycles. The van der Waals surface area contributed by atoms with Gasteiger partial charge < -0.3 is 10.6 Å². The normalized spacial score (nSPS) is 32.4. The first-order chi connectivity index (χ1) is 9.03. The van der Waals surface area contributed by atoms with Crippen LogP contribution in [0.15, 0.2) is 0 Å². The predicted molar refractivity (Wildman–Crippen MR) is 83.2 cm³/mol. The van der Waals surface area contributed by atoms with Gasteiger partial charge in [-0.05, 0) is 35.5 Å². The van der Waals surface area contributed by atoms with Crippen LogP contribution in [0, 0.1) is 22.7 Å². The second-order valence-electron chi connectivity index (χ2n) is 9.00. The lowest BCUT2D eigenvalue weighted by Crippen LogP contribution is -2.55. The van der Waals surface area contributed by atoms with E-state index in [0.29, 0.717) is 17.9 Å². The van der Waals surface area contributed by atoms with Gasteiger partial charge in [-0.25, -0.2) is 0 Å². The number of rotatable bonds is 1. The topological polar surface area (TPSA) is 46.3 Å². The molecule has 2 fully saturated rings. The first-order valence-electron chi connectivity index (χ1n) is 8.09. The van der Waals surface area contributed by atoms with Gasteiger partial charge in [-0.1, -0.05) is 48.0 Å². The number of nitrogens with two attached hydrogens (primary N) is 1. The third-order valence-corrected chi connectivity index (χ3v) is 5.26. The standard InChI is InChI=1S/C17H32N2O/c1-16(2,3)13(18)15(20)19-10-11-8-7-9-12(11)14(19)17(4,5)6/h11-14H,7-10,18H2,1-6H3/t11-,12-,13+,14-/m0/s1. The van der Waals surface area contributed by atoms with Gasteiger partial charge in [0.15, 0.2) is 0 Å². The summed E-state index contributed by atoms with van der Waals surface area (Å²) < 4.78 is 0. The van der Waals surface area contributed by atoms with Gasteiger partial charge in [0, 0.05) is 12.6 Å². The number of likely N-dealkylation sites (tertiary alicyclic amines) is 1. The van der Waals surface area contributed by atoms with Crippen molar-refractivity contribution in [1.29, 1.82) is 0 Å². The number of fused-ring (bicyclic) bond motifs is 1. The van der Waals surface area contributed by atoms with Crippen LogP contribution in [0.3, 0.4) is 0 Å². The first kappa shape index (κ1) is 15.8. The number of amides is 1. The average molecular weight is 280 g/mol. The number of hydrogen-bond donors (Lipinski definition) is 1. The summed E-state index contributed by atoms with van der Waals surface area (Å²) in [7, 11) is 0. The molecule has 0 aromatic rings. The van der Waals surface area contributed by atoms with Crippen LogP contribution in [0.2, 0.25) is 0 Å². The van der Waals surface area contributed by atoms with Crippen molar-refractivity contribution in [2.45, 2.75) is 72.9 Å². The van der Waals surface area contributed by atoms with E-state index >= 15 is 0 Å². The molecule has 0 spiro atoms. The highest BCUT2D eigenvalue weighted by molar-refractivity contribution is 5.83. The molecule has 1 heterocycles. The van der Waals surface area contributed by atoms with E-state index in [1.165, 1.54) is 19.3 Å². The Hall–Kier alpha value is -0.570. The van der Waals surface area contributed by atoms with Crippen LogP contribution < -0.4 is 5.73 Å². The maximum Gasteiger partial charge on any atom is 0.240 e. The summed E-state index contributed by atoms with van der Waals surface area (Å²) in [6, 6.07) is -0.0397. The molecule has 0 aromatic heterocycles. The second-order valence-corrected chi connectivity index (χ2v) is 9.00. The number of hydrogen-bond acceptors (Lipinski definition) is 2. The van der Waals surface area contributed by atoms with E-state index in [0.717, 1.165) is 6.54 Å². The van der Waals surface area contributed by atoms with Crippen LogP contribution in [0.25, 0.3) is 0 Å². The highest BCUT2D eigenvalue weighted by atomic mass is 16.2. The van der Waals surface area contributed by atoms with Crippen LogP contribution in [-0.2, 0) is 4.79 Å². The summed E-state index contributed by atoms with van der Waals surface area (Å²) >= 11 is 0. The maximum atomic E-state index is 12.9. The van der Waals surface area contributed by atoms with E-state index in [1.54, 1.807) is 0 Å². The van der Waals surface area contributed by atoms with Gasteiger partial charge in [-0.3, -0.25) is 4.79 Å². The Kier molecular flexibility index (Phi) is 3.96. The van der Waals surface area contributed by atoms with Gasteiger partial charge in [-0.2, -0.15) is 0 Å². The van der Waals surface area contributed by atoms with Gasteiger partial charge in [0.25, 0.3) is 0 Å². The lowest BCUT2D eigenvalue weighted by molar-refractivity contribution is -0.138. The van der Waals surface area contributed by atoms with Crippen LogP contribution >= 0.6 is 0 Å². The van der Waals surface area contributed by atoms with Gasteiger partial charge >= 0.3 is 0 Å². The Labute approximate surface area is 124 Å². The molecule has 0 radical (unpaired) electrons. The summed E-state index contributed by atoms with van der Waals surface area (Å²) in [4.78, 5) is 15.0. The fraction of sp³-hybridized carbons (Fsp3) is 0.941. The molecule has 2 aliphatic rings. The van der Waals surface area contributed by atoms with Gasteiger partial charge in [0.05, 0.1) is 6.04 Å². The van der Waals surface area contributed by atoms with Crippen LogP contribution in [0.4, 0.5) is 0 Å². The van der Waals surface area contributed by atoms with Crippen molar-refractivity contribution < 1.29 is 4.79 Å². The summed E-state index contributed by atoms with van der Waals surface area (Å²) in [5.74, 6) is 1.55. The molecular weight excluding hydrogens is 248 g/mol. The Morgan fingerprint density at radius 1 is 1.15 bits per heavy atom. The molecule has 1 aliphatic heterocycles. The minimum Gasteiger partial charge on any atom is -0.337 e. The molecule has 1 amide bonds. The number of nitrogens with zero attached hydrogens (tertiary/aromatic N) is 1. The van der Waals surface area contributed by atoms with E-state index in [1.807, 2.05) is 0 Å². The molecule has 0 bridgehead atoms. The molecule has 0 aromatic carbocycles. The molecule has 116 valence electrons. The Balaban J connectivity index is 2.24. The first-order valence-corrected chi connectivity index (χ1v) is 8.09. The molecule has 0 unspecified atom stereocenters.